The first kappa shape index (κ1) is 13.2. The van der Waals surface area contributed by atoms with Gasteiger partial charge in [-0.25, -0.2) is 0 Å². The maximum atomic E-state index is 11.5. The molecular formula is C11H22N2O. The Bertz CT molecular complexity index is 222. The average Bonchev–Trinajstić information content (AvgIpc) is 2.00. The van der Waals surface area contributed by atoms with Gasteiger partial charge in [-0.2, -0.15) is 0 Å². The fraction of sp³-hybridized carbons (Fsp3) is 0.727. The molecule has 0 fully saturated rings. The summed E-state index contributed by atoms with van der Waals surface area (Å²) in [4.78, 5) is 11.5. The SMILES string of the molecule is CC(C)=CCNC(=O)[C@H](N)C(C)(C)C. The molecule has 14 heavy (non-hydrogen) atoms. The summed E-state index contributed by atoms with van der Waals surface area (Å²) in [5.74, 6) is -0.0880. The van der Waals surface area contributed by atoms with Crippen LogP contribution in [0, 0.1) is 5.41 Å². The molecule has 0 saturated heterocycles. The highest BCUT2D eigenvalue weighted by molar-refractivity contribution is 5.82. The van der Waals surface area contributed by atoms with E-state index in [2.05, 4.69) is 5.32 Å². The zero-order valence-electron chi connectivity index (χ0n) is 9.85. The Morgan fingerprint density at radius 1 is 1.43 bits per heavy atom. The summed E-state index contributed by atoms with van der Waals surface area (Å²) < 4.78 is 0. The molecule has 0 aromatic heterocycles. The molecule has 0 radical (unpaired) electrons. The molecule has 3 N–H and O–H groups in total. The lowest BCUT2D eigenvalue weighted by molar-refractivity contribution is -0.124. The summed E-state index contributed by atoms with van der Waals surface area (Å²) in [6.07, 6.45) is 1.97. The molecule has 0 aromatic carbocycles. The van der Waals surface area contributed by atoms with Gasteiger partial charge in [-0.3, -0.25) is 4.79 Å². The van der Waals surface area contributed by atoms with Gasteiger partial charge in [-0.1, -0.05) is 32.4 Å². The fourth-order valence-corrected chi connectivity index (χ4v) is 0.859. The van der Waals surface area contributed by atoms with Crippen molar-refractivity contribution in [1.29, 1.82) is 0 Å². The Balaban J connectivity index is 4.04. The van der Waals surface area contributed by atoms with Crippen molar-refractivity contribution in [2.24, 2.45) is 11.1 Å². The lowest BCUT2D eigenvalue weighted by Crippen LogP contribution is -2.48. The maximum Gasteiger partial charge on any atom is 0.237 e. The molecule has 0 bridgehead atoms. The molecule has 0 aliphatic heterocycles. The molecule has 0 heterocycles. The summed E-state index contributed by atoms with van der Waals surface area (Å²) in [6, 6.07) is -0.451. The highest BCUT2D eigenvalue weighted by atomic mass is 16.2. The number of carbonyl (C=O) groups is 1. The zero-order valence-corrected chi connectivity index (χ0v) is 9.85. The largest absolute Gasteiger partial charge is 0.351 e. The number of nitrogens with two attached hydrogens (primary N) is 1. The fourth-order valence-electron chi connectivity index (χ4n) is 0.859. The van der Waals surface area contributed by atoms with E-state index < -0.39 is 6.04 Å². The molecule has 0 aliphatic carbocycles. The molecule has 1 amide bonds. The molecule has 0 spiro atoms. The molecule has 0 aliphatic rings. The van der Waals surface area contributed by atoms with Gasteiger partial charge < -0.3 is 11.1 Å². The second-order valence-corrected chi connectivity index (χ2v) is 4.87. The average molecular weight is 198 g/mol. The van der Waals surface area contributed by atoms with Crippen LogP contribution in [0.15, 0.2) is 11.6 Å². The first-order valence-electron chi connectivity index (χ1n) is 4.92. The predicted molar refractivity (Wildman–Crippen MR) is 59.9 cm³/mol. The lowest BCUT2D eigenvalue weighted by atomic mass is 9.87. The van der Waals surface area contributed by atoms with Crippen LogP contribution in [0.2, 0.25) is 0 Å². The molecular weight excluding hydrogens is 176 g/mol. The maximum absolute atomic E-state index is 11.5. The minimum Gasteiger partial charge on any atom is -0.351 e. The number of nitrogens with one attached hydrogen (secondary N) is 1. The third kappa shape index (κ3) is 5.02. The van der Waals surface area contributed by atoms with E-state index in [0.717, 1.165) is 0 Å². The minimum absolute atomic E-state index is 0.0880. The molecule has 82 valence electrons. The van der Waals surface area contributed by atoms with Crippen LogP contribution in [0.4, 0.5) is 0 Å². The van der Waals surface area contributed by atoms with Crippen LogP contribution in [0.3, 0.4) is 0 Å². The Morgan fingerprint density at radius 3 is 2.29 bits per heavy atom. The lowest BCUT2D eigenvalue weighted by Gasteiger charge is -2.25. The Labute approximate surface area is 86.8 Å². The van der Waals surface area contributed by atoms with Crippen molar-refractivity contribution >= 4 is 5.91 Å². The van der Waals surface area contributed by atoms with Gasteiger partial charge in [-0.05, 0) is 19.3 Å². The molecule has 3 nitrogen and oxygen atoms in total. The Kier molecular flexibility index (Phi) is 4.85. The van der Waals surface area contributed by atoms with Crippen molar-refractivity contribution < 1.29 is 4.79 Å². The van der Waals surface area contributed by atoms with Gasteiger partial charge in [0.15, 0.2) is 0 Å². The van der Waals surface area contributed by atoms with Gasteiger partial charge in [0.2, 0.25) is 5.91 Å². The molecule has 0 aromatic rings. The number of rotatable bonds is 3. The summed E-state index contributed by atoms with van der Waals surface area (Å²) >= 11 is 0. The number of carbonyl (C=O) groups excluding carboxylic acids is 1. The van der Waals surface area contributed by atoms with E-state index in [4.69, 9.17) is 5.73 Å². The topological polar surface area (TPSA) is 55.1 Å². The van der Waals surface area contributed by atoms with Crippen LogP contribution in [-0.4, -0.2) is 18.5 Å². The van der Waals surface area contributed by atoms with Gasteiger partial charge in [0.05, 0.1) is 6.04 Å². The molecule has 0 rings (SSSR count). The minimum atomic E-state index is -0.451. The van der Waals surface area contributed by atoms with Crippen molar-refractivity contribution in [1.82, 2.24) is 5.32 Å². The first-order chi connectivity index (χ1) is 6.25. The van der Waals surface area contributed by atoms with E-state index >= 15 is 0 Å². The standard InChI is InChI=1S/C11H22N2O/c1-8(2)6-7-13-10(14)9(12)11(3,4)5/h6,9H,7,12H2,1-5H3,(H,13,14)/t9-/m0/s1. The highest BCUT2D eigenvalue weighted by Gasteiger charge is 2.26. The zero-order chi connectivity index (χ0) is 11.4. The second-order valence-electron chi connectivity index (χ2n) is 4.87. The molecule has 1 atom stereocenters. The van der Waals surface area contributed by atoms with Crippen molar-refractivity contribution in [2.45, 2.75) is 40.7 Å². The van der Waals surface area contributed by atoms with Gasteiger partial charge in [0, 0.05) is 6.54 Å². The predicted octanol–water partition coefficient (Wildman–Crippen LogP) is 1.44. The monoisotopic (exact) mass is 198 g/mol. The third-order valence-corrected chi connectivity index (χ3v) is 2.00. The third-order valence-electron chi connectivity index (χ3n) is 2.00. The Hall–Kier alpha value is -0.830. The van der Waals surface area contributed by atoms with Crippen LogP contribution in [0.5, 0.6) is 0 Å². The smallest absolute Gasteiger partial charge is 0.237 e. The van der Waals surface area contributed by atoms with Gasteiger partial charge in [0.25, 0.3) is 0 Å². The summed E-state index contributed by atoms with van der Waals surface area (Å²) in [7, 11) is 0. The van der Waals surface area contributed by atoms with Crippen molar-refractivity contribution in [3.63, 3.8) is 0 Å². The van der Waals surface area contributed by atoms with E-state index in [0.29, 0.717) is 6.54 Å². The van der Waals surface area contributed by atoms with E-state index in [-0.39, 0.29) is 11.3 Å². The number of hydrogen-bond donors (Lipinski definition) is 2. The molecule has 0 unspecified atom stereocenters. The summed E-state index contributed by atoms with van der Waals surface area (Å²) in [5.41, 5.74) is 6.78. The normalized spacial score (nSPS) is 13.3. The van der Waals surface area contributed by atoms with E-state index in [1.807, 2.05) is 40.7 Å². The summed E-state index contributed by atoms with van der Waals surface area (Å²) in [6.45, 7) is 10.4. The van der Waals surface area contributed by atoms with Crippen molar-refractivity contribution in [3.8, 4) is 0 Å². The summed E-state index contributed by atoms with van der Waals surface area (Å²) in [5, 5.41) is 2.78. The highest BCUT2D eigenvalue weighted by Crippen LogP contribution is 2.16. The first-order valence-corrected chi connectivity index (χ1v) is 4.92. The number of hydrogen-bond acceptors (Lipinski definition) is 2. The quantitative estimate of drug-likeness (QED) is 0.674. The van der Waals surface area contributed by atoms with Crippen LogP contribution in [-0.2, 0) is 4.79 Å². The van der Waals surface area contributed by atoms with Crippen molar-refractivity contribution in [2.75, 3.05) is 6.54 Å². The molecule has 0 saturated carbocycles. The van der Waals surface area contributed by atoms with Crippen molar-refractivity contribution in [3.05, 3.63) is 11.6 Å². The Morgan fingerprint density at radius 2 is 1.93 bits per heavy atom. The van der Waals surface area contributed by atoms with Crippen LogP contribution >= 0.6 is 0 Å². The van der Waals surface area contributed by atoms with Crippen LogP contribution in [0.1, 0.15) is 34.6 Å². The number of amides is 1. The molecule has 3 heteroatoms. The van der Waals surface area contributed by atoms with Gasteiger partial charge in [0.1, 0.15) is 0 Å². The van der Waals surface area contributed by atoms with Crippen LogP contribution < -0.4 is 11.1 Å². The van der Waals surface area contributed by atoms with E-state index in [9.17, 15) is 4.79 Å². The number of allylic oxidation sites excluding steroid dienone is 1. The van der Waals surface area contributed by atoms with Crippen LogP contribution in [0.25, 0.3) is 0 Å². The van der Waals surface area contributed by atoms with E-state index in [1.54, 1.807) is 0 Å². The van der Waals surface area contributed by atoms with E-state index in [1.165, 1.54) is 5.57 Å². The van der Waals surface area contributed by atoms with Gasteiger partial charge >= 0.3 is 0 Å². The van der Waals surface area contributed by atoms with Gasteiger partial charge in [-0.15, -0.1) is 0 Å². The second kappa shape index (κ2) is 5.15.